The van der Waals surface area contributed by atoms with Gasteiger partial charge in [-0.25, -0.2) is 4.79 Å². The molecule has 1 aliphatic heterocycles. The van der Waals surface area contributed by atoms with Gasteiger partial charge in [0.15, 0.2) is 5.60 Å². The molecule has 0 amide bonds. The molecule has 4 aromatic rings. The van der Waals surface area contributed by atoms with Crippen LogP contribution >= 0.6 is 0 Å². The maximum absolute atomic E-state index is 12.5. The van der Waals surface area contributed by atoms with Crippen LogP contribution in [0.5, 0.6) is 0 Å². The average Bonchev–Trinajstić information content (AvgIpc) is 2.97. The number of carbonyl (C=O) groups is 1. The third kappa shape index (κ3) is 5.65. The molecule has 1 fully saturated rings. The predicted octanol–water partition coefficient (Wildman–Crippen LogP) is 6.41. The van der Waals surface area contributed by atoms with E-state index in [1.165, 1.54) is 10.8 Å². The molecule has 4 aromatic carbocycles. The molecule has 1 saturated heterocycles. The Morgan fingerprint density at radius 2 is 1.63 bits per heavy atom. The molecular formula is C33H35NO4. The Morgan fingerprint density at radius 1 is 0.895 bits per heavy atom. The number of carboxylic acid groups (broad SMARTS) is 1. The minimum absolute atomic E-state index is 0.0332. The summed E-state index contributed by atoms with van der Waals surface area (Å²) in [5.74, 6) is -0.737. The summed E-state index contributed by atoms with van der Waals surface area (Å²) in [7, 11) is 0. The largest absolute Gasteiger partial charge is 0.479 e. The van der Waals surface area contributed by atoms with Gasteiger partial charge in [0.1, 0.15) is 0 Å². The summed E-state index contributed by atoms with van der Waals surface area (Å²) in [6.45, 7) is 4.36. The third-order valence-corrected chi connectivity index (χ3v) is 7.68. The van der Waals surface area contributed by atoms with Crippen LogP contribution in [0.4, 0.5) is 0 Å². The highest BCUT2D eigenvalue weighted by atomic mass is 16.5. The second kappa shape index (κ2) is 11.9. The smallest absolute Gasteiger partial charge is 0.340 e. The van der Waals surface area contributed by atoms with E-state index in [-0.39, 0.29) is 18.6 Å². The molecule has 0 aliphatic carbocycles. The second-order valence-corrected chi connectivity index (χ2v) is 10.0. The van der Waals surface area contributed by atoms with Gasteiger partial charge in [0.25, 0.3) is 0 Å². The van der Waals surface area contributed by atoms with Crippen LogP contribution < -0.4 is 5.32 Å². The summed E-state index contributed by atoms with van der Waals surface area (Å²) in [6, 6.07) is 32.5. The number of fused-ring (bicyclic) bond motifs is 1. The van der Waals surface area contributed by atoms with Crippen LogP contribution in [0.2, 0.25) is 0 Å². The van der Waals surface area contributed by atoms with Gasteiger partial charge in [0, 0.05) is 12.5 Å². The first-order chi connectivity index (χ1) is 18.6. The fourth-order valence-corrected chi connectivity index (χ4v) is 5.42. The van der Waals surface area contributed by atoms with Gasteiger partial charge in [-0.2, -0.15) is 0 Å². The topological polar surface area (TPSA) is 67.8 Å². The first-order valence-electron chi connectivity index (χ1n) is 13.4. The molecule has 0 bridgehead atoms. The van der Waals surface area contributed by atoms with Crippen LogP contribution in [-0.4, -0.2) is 30.3 Å². The van der Waals surface area contributed by atoms with E-state index in [0.717, 1.165) is 36.2 Å². The van der Waals surface area contributed by atoms with Gasteiger partial charge in [-0.1, -0.05) is 97.9 Å². The highest BCUT2D eigenvalue weighted by Crippen LogP contribution is 2.34. The van der Waals surface area contributed by atoms with Crippen molar-refractivity contribution in [1.29, 1.82) is 0 Å². The summed E-state index contributed by atoms with van der Waals surface area (Å²) >= 11 is 0. The van der Waals surface area contributed by atoms with Gasteiger partial charge >= 0.3 is 5.97 Å². The number of hydrogen-bond donors (Lipinski definition) is 2. The molecule has 5 heteroatoms. The van der Waals surface area contributed by atoms with Crippen LogP contribution in [0.3, 0.4) is 0 Å². The van der Waals surface area contributed by atoms with Gasteiger partial charge in [0.05, 0.1) is 19.3 Å². The monoisotopic (exact) mass is 509 g/mol. The Bertz CT molecular complexity index is 1350. The zero-order valence-electron chi connectivity index (χ0n) is 21.8. The number of carboxylic acids is 1. The van der Waals surface area contributed by atoms with Gasteiger partial charge in [-0.05, 0) is 58.5 Å². The number of ether oxygens (including phenoxy) is 2. The van der Waals surface area contributed by atoms with Crippen LogP contribution in [0.1, 0.15) is 47.9 Å². The number of piperidine rings is 1. The first-order valence-corrected chi connectivity index (χ1v) is 13.4. The molecule has 0 saturated carbocycles. The number of benzene rings is 4. The van der Waals surface area contributed by atoms with Crippen LogP contribution in [0, 0.1) is 0 Å². The second-order valence-electron chi connectivity index (χ2n) is 10.0. The number of hydrogen-bond acceptors (Lipinski definition) is 4. The van der Waals surface area contributed by atoms with Crippen molar-refractivity contribution in [3.05, 3.63) is 119 Å². The van der Waals surface area contributed by atoms with Crippen molar-refractivity contribution in [2.75, 3.05) is 13.1 Å². The van der Waals surface area contributed by atoms with Crippen molar-refractivity contribution in [3.63, 3.8) is 0 Å². The Morgan fingerprint density at radius 3 is 2.37 bits per heavy atom. The number of aliphatic carboxylic acids is 1. The van der Waals surface area contributed by atoms with Gasteiger partial charge in [0.2, 0.25) is 0 Å². The third-order valence-electron chi connectivity index (χ3n) is 7.68. The molecule has 3 atom stereocenters. The van der Waals surface area contributed by atoms with Gasteiger partial charge < -0.3 is 19.9 Å². The normalized spacial score (nSPS) is 19.2. The predicted molar refractivity (Wildman–Crippen MR) is 150 cm³/mol. The summed E-state index contributed by atoms with van der Waals surface area (Å²) in [4.78, 5) is 12.5. The average molecular weight is 510 g/mol. The molecule has 2 N–H and O–H groups in total. The Labute approximate surface area is 224 Å². The Hall–Kier alpha value is -3.51. The van der Waals surface area contributed by atoms with Crippen molar-refractivity contribution in [1.82, 2.24) is 5.32 Å². The lowest BCUT2D eigenvalue weighted by atomic mass is 9.84. The first kappa shape index (κ1) is 26.1. The van der Waals surface area contributed by atoms with Crippen molar-refractivity contribution >= 4 is 16.7 Å². The minimum Gasteiger partial charge on any atom is -0.479 e. The van der Waals surface area contributed by atoms with E-state index in [9.17, 15) is 9.90 Å². The lowest BCUT2D eigenvalue weighted by Crippen LogP contribution is -2.41. The van der Waals surface area contributed by atoms with Crippen molar-refractivity contribution in [2.24, 2.45) is 0 Å². The van der Waals surface area contributed by atoms with Gasteiger partial charge in [-0.3, -0.25) is 0 Å². The molecule has 38 heavy (non-hydrogen) atoms. The van der Waals surface area contributed by atoms with Crippen LogP contribution in [0.15, 0.2) is 97.1 Å². The van der Waals surface area contributed by atoms with E-state index >= 15 is 0 Å². The SMILES string of the molecule is CCC(OCc1ccccc1)(C(=O)O)c1ccc(C2CCNCC2OCc2ccc3ccccc3c2)cc1. The summed E-state index contributed by atoms with van der Waals surface area (Å²) < 4.78 is 12.6. The molecule has 3 unspecified atom stereocenters. The van der Waals surface area contributed by atoms with Crippen LogP contribution in [0.25, 0.3) is 10.8 Å². The maximum Gasteiger partial charge on any atom is 0.340 e. The molecule has 0 radical (unpaired) electrons. The lowest BCUT2D eigenvalue weighted by molar-refractivity contribution is -0.170. The summed E-state index contributed by atoms with van der Waals surface area (Å²) in [6.07, 6.45) is 1.33. The van der Waals surface area contributed by atoms with Crippen molar-refractivity contribution in [3.8, 4) is 0 Å². The Balaban J connectivity index is 1.31. The maximum atomic E-state index is 12.5. The highest BCUT2D eigenvalue weighted by molar-refractivity contribution is 5.83. The van der Waals surface area contributed by atoms with E-state index in [2.05, 4.69) is 59.9 Å². The van der Waals surface area contributed by atoms with Crippen LogP contribution in [-0.2, 0) is 33.1 Å². The fraction of sp³-hybridized carbons (Fsp3) is 0.303. The quantitative estimate of drug-likeness (QED) is 0.259. The lowest BCUT2D eigenvalue weighted by Gasteiger charge is -2.33. The molecule has 196 valence electrons. The van der Waals surface area contributed by atoms with E-state index < -0.39 is 11.6 Å². The number of nitrogens with one attached hydrogen (secondary N) is 1. The molecule has 1 aliphatic rings. The van der Waals surface area contributed by atoms with Crippen molar-refractivity contribution in [2.45, 2.75) is 50.6 Å². The minimum atomic E-state index is -1.39. The molecular weight excluding hydrogens is 474 g/mol. The fourth-order valence-electron chi connectivity index (χ4n) is 5.42. The molecule has 5 nitrogen and oxygen atoms in total. The number of rotatable bonds is 10. The van der Waals surface area contributed by atoms with E-state index in [1.807, 2.05) is 49.4 Å². The molecule has 0 aromatic heterocycles. The molecule has 0 spiro atoms. The van der Waals surface area contributed by atoms with Crippen molar-refractivity contribution < 1.29 is 19.4 Å². The standard InChI is InChI=1S/C33H35NO4/c1-2-33(32(35)36,38-23-24-8-4-3-5-9-24)29-16-14-27(15-17-29)30-18-19-34-21-31(30)37-22-25-12-13-26-10-6-7-11-28(26)20-25/h3-17,20,30-31,34H,2,18-19,21-23H2,1H3,(H,35,36). The van der Waals surface area contributed by atoms with Gasteiger partial charge in [-0.15, -0.1) is 0 Å². The van der Waals surface area contributed by atoms with E-state index in [0.29, 0.717) is 18.6 Å². The van der Waals surface area contributed by atoms with E-state index in [1.54, 1.807) is 0 Å². The summed E-state index contributed by atoms with van der Waals surface area (Å²) in [5, 5.41) is 16.1. The molecule has 5 rings (SSSR count). The Kier molecular flexibility index (Phi) is 8.18. The zero-order chi connectivity index (χ0) is 26.4. The summed E-state index contributed by atoms with van der Waals surface area (Å²) in [5.41, 5.74) is 2.54. The molecule has 1 heterocycles. The zero-order valence-corrected chi connectivity index (χ0v) is 21.8. The highest BCUT2D eigenvalue weighted by Gasteiger charge is 2.40. The van der Waals surface area contributed by atoms with E-state index in [4.69, 9.17) is 9.47 Å².